The Morgan fingerprint density at radius 1 is 1.14 bits per heavy atom. The van der Waals surface area contributed by atoms with Gasteiger partial charge in [-0.15, -0.1) is 0 Å². The fourth-order valence-corrected chi connectivity index (χ4v) is 3.16. The molecular weight excluding hydrogens is 376 g/mol. The van der Waals surface area contributed by atoms with Crippen molar-refractivity contribution in [3.05, 3.63) is 57.6 Å². The molecule has 2 aromatic carbocycles. The molecule has 152 valence electrons. The van der Waals surface area contributed by atoms with Crippen molar-refractivity contribution in [2.45, 2.75) is 12.8 Å². The molecule has 0 aromatic heterocycles. The number of carbonyl (C=O) groups excluding carboxylic acids is 1. The fourth-order valence-electron chi connectivity index (χ4n) is 3.16. The highest BCUT2D eigenvalue weighted by atomic mass is 16.6. The largest absolute Gasteiger partial charge is 0.497 e. The SMILES string of the molecule is COc1cc(OC)cc(C(=O)NN=Cc2ccc(N3CCCC3)c([N+](=O)[O-])c2)c1. The molecule has 0 atom stereocenters. The van der Waals surface area contributed by atoms with E-state index in [1.165, 1.54) is 26.5 Å². The third kappa shape index (κ3) is 4.81. The van der Waals surface area contributed by atoms with Crippen LogP contribution in [0, 0.1) is 10.1 Å². The second kappa shape index (κ2) is 9.05. The number of amides is 1. The fraction of sp³-hybridized carbons (Fsp3) is 0.300. The van der Waals surface area contributed by atoms with E-state index in [0.29, 0.717) is 28.3 Å². The third-order valence-electron chi connectivity index (χ3n) is 4.64. The smallest absolute Gasteiger partial charge is 0.293 e. The van der Waals surface area contributed by atoms with Crippen LogP contribution in [0.1, 0.15) is 28.8 Å². The van der Waals surface area contributed by atoms with Crippen LogP contribution in [0.15, 0.2) is 41.5 Å². The van der Waals surface area contributed by atoms with Gasteiger partial charge >= 0.3 is 0 Å². The number of nitrogens with one attached hydrogen (secondary N) is 1. The van der Waals surface area contributed by atoms with Gasteiger partial charge in [0.2, 0.25) is 0 Å². The third-order valence-corrected chi connectivity index (χ3v) is 4.64. The van der Waals surface area contributed by atoms with Crippen LogP contribution in [0.2, 0.25) is 0 Å². The van der Waals surface area contributed by atoms with E-state index in [1.807, 2.05) is 4.90 Å². The maximum atomic E-state index is 12.3. The van der Waals surface area contributed by atoms with Crippen molar-refractivity contribution in [1.82, 2.24) is 5.43 Å². The van der Waals surface area contributed by atoms with Gasteiger partial charge in [0.15, 0.2) is 0 Å². The Hall–Kier alpha value is -3.62. The van der Waals surface area contributed by atoms with Gasteiger partial charge in [-0.1, -0.05) is 6.07 Å². The zero-order valence-corrected chi connectivity index (χ0v) is 16.3. The summed E-state index contributed by atoms with van der Waals surface area (Å²) in [5.41, 5.74) is 3.87. The van der Waals surface area contributed by atoms with Crippen molar-refractivity contribution in [2.75, 3.05) is 32.2 Å². The Morgan fingerprint density at radius 3 is 2.38 bits per heavy atom. The van der Waals surface area contributed by atoms with Gasteiger partial charge in [-0.2, -0.15) is 5.10 Å². The van der Waals surface area contributed by atoms with E-state index in [4.69, 9.17) is 9.47 Å². The van der Waals surface area contributed by atoms with Crippen LogP contribution < -0.4 is 19.8 Å². The highest BCUT2D eigenvalue weighted by Gasteiger charge is 2.22. The molecule has 0 unspecified atom stereocenters. The van der Waals surface area contributed by atoms with E-state index in [0.717, 1.165) is 25.9 Å². The number of benzene rings is 2. The molecule has 1 saturated heterocycles. The number of ether oxygens (including phenoxy) is 2. The molecule has 1 N–H and O–H groups in total. The maximum Gasteiger partial charge on any atom is 0.293 e. The Morgan fingerprint density at radius 2 is 1.79 bits per heavy atom. The maximum absolute atomic E-state index is 12.3. The molecular formula is C20H22N4O5. The van der Waals surface area contributed by atoms with Gasteiger partial charge < -0.3 is 14.4 Å². The van der Waals surface area contributed by atoms with E-state index in [-0.39, 0.29) is 5.69 Å². The number of carbonyl (C=O) groups is 1. The van der Waals surface area contributed by atoms with E-state index in [9.17, 15) is 14.9 Å². The summed E-state index contributed by atoms with van der Waals surface area (Å²) in [4.78, 5) is 25.4. The van der Waals surface area contributed by atoms with E-state index in [2.05, 4.69) is 10.5 Å². The number of anilines is 1. The van der Waals surface area contributed by atoms with Crippen molar-refractivity contribution in [1.29, 1.82) is 0 Å². The first-order valence-corrected chi connectivity index (χ1v) is 9.11. The average molecular weight is 398 g/mol. The summed E-state index contributed by atoms with van der Waals surface area (Å²) in [5, 5.41) is 15.4. The second-order valence-corrected chi connectivity index (χ2v) is 6.50. The first-order valence-electron chi connectivity index (χ1n) is 9.11. The number of hydrogen-bond acceptors (Lipinski definition) is 7. The van der Waals surface area contributed by atoms with Crippen LogP contribution in [0.3, 0.4) is 0 Å². The Labute approximate surface area is 168 Å². The van der Waals surface area contributed by atoms with Gasteiger partial charge in [0.25, 0.3) is 11.6 Å². The van der Waals surface area contributed by atoms with E-state index >= 15 is 0 Å². The number of methoxy groups -OCH3 is 2. The van der Waals surface area contributed by atoms with Gasteiger partial charge in [0.1, 0.15) is 17.2 Å². The predicted octanol–water partition coefficient (Wildman–Crippen LogP) is 2.98. The van der Waals surface area contributed by atoms with Gasteiger partial charge in [-0.05, 0) is 31.0 Å². The molecule has 9 heteroatoms. The van der Waals surface area contributed by atoms with Crippen LogP contribution in [-0.4, -0.2) is 44.4 Å². The molecule has 3 rings (SSSR count). The first kappa shape index (κ1) is 20.1. The summed E-state index contributed by atoms with van der Waals surface area (Å²) in [6.07, 6.45) is 3.43. The highest BCUT2D eigenvalue weighted by Crippen LogP contribution is 2.31. The first-order chi connectivity index (χ1) is 14.0. The molecule has 1 aliphatic heterocycles. The monoisotopic (exact) mass is 398 g/mol. The summed E-state index contributed by atoms with van der Waals surface area (Å²) in [5.74, 6) is 0.500. The topological polar surface area (TPSA) is 106 Å². The quantitative estimate of drug-likeness (QED) is 0.437. The minimum Gasteiger partial charge on any atom is -0.497 e. The molecule has 1 aliphatic rings. The molecule has 0 bridgehead atoms. The molecule has 29 heavy (non-hydrogen) atoms. The molecule has 9 nitrogen and oxygen atoms in total. The lowest BCUT2D eigenvalue weighted by molar-refractivity contribution is -0.384. The molecule has 0 radical (unpaired) electrons. The zero-order valence-electron chi connectivity index (χ0n) is 16.3. The van der Waals surface area contributed by atoms with E-state index in [1.54, 1.807) is 30.3 Å². The Balaban J connectivity index is 1.74. The summed E-state index contributed by atoms with van der Waals surface area (Å²) in [7, 11) is 2.99. The van der Waals surface area contributed by atoms with Crippen molar-refractivity contribution in [2.24, 2.45) is 5.10 Å². The van der Waals surface area contributed by atoms with Gasteiger partial charge in [-0.3, -0.25) is 14.9 Å². The van der Waals surface area contributed by atoms with Crippen molar-refractivity contribution in [3.63, 3.8) is 0 Å². The number of hydrazone groups is 1. The van der Waals surface area contributed by atoms with Crippen LogP contribution in [0.5, 0.6) is 11.5 Å². The normalized spacial score (nSPS) is 13.5. The van der Waals surface area contributed by atoms with Crippen molar-refractivity contribution >= 4 is 23.5 Å². The lowest BCUT2D eigenvalue weighted by Gasteiger charge is -2.17. The van der Waals surface area contributed by atoms with Gasteiger partial charge in [0, 0.05) is 36.3 Å². The number of nitro benzene ring substituents is 1. The Bertz CT molecular complexity index is 916. The summed E-state index contributed by atoms with van der Waals surface area (Å²) < 4.78 is 10.3. The molecule has 0 spiro atoms. The second-order valence-electron chi connectivity index (χ2n) is 6.50. The van der Waals surface area contributed by atoms with Crippen LogP contribution >= 0.6 is 0 Å². The van der Waals surface area contributed by atoms with Crippen LogP contribution in [-0.2, 0) is 0 Å². The molecule has 1 heterocycles. The number of nitro groups is 1. The molecule has 1 amide bonds. The van der Waals surface area contributed by atoms with Crippen molar-refractivity contribution < 1.29 is 19.2 Å². The van der Waals surface area contributed by atoms with E-state index < -0.39 is 10.8 Å². The van der Waals surface area contributed by atoms with Gasteiger partial charge in [-0.25, -0.2) is 5.43 Å². The molecule has 2 aromatic rings. The van der Waals surface area contributed by atoms with Crippen LogP contribution in [0.25, 0.3) is 0 Å². The lowest BCUT2D eigenvalue weighted by Crippen LogP contribution is -2.19. The summed E-state index contributed by atoms with van der Waals surface area (Å²) in [6.45, 7) is 1.63. The minimum absolute atomic E-state index is 0.0275. The summed E-state index contributed by atoms with van der Waals surface area (Å²) in [6, 6.07) is 9.69. The average Bonchev–Trinajstić information content (AvgIpc) is 3.27. The molecule has 1 fully saturated rings. The highest BCUT2D eigenvalue weighted by molar-refractivity contribution is 5.95. The number of nitrogens with zero attached hydrogens (tertiary/aromatic N) is 3. The van der Waals surface area contributed by atoms with Crippen molar-refractivity contribution in [3.8, 4) is 11.5 Å². The van der Waals surface area contributed by atoms with Gasteiger partial charge in [0.05, 0.1) is 25.4 Å². The molecule has 0 aliphatic carbocycles. The van der Waals surface area contributed by atoms with Crippen LogP contribution in [0.4, 0.5) is 11.4 Å². The summed E-state index contributed by atoms with van der Waals surface area (Å²) >= 11 is 0. The predicted molar refractivity (Wildman–Crippen MR) is 109 cm³/mol. The minimum atomic E-state index is -0.457. The molecule has 0 saturated carbocycles. The zero-order chi connectivity index (χ0) is 20.8. The number of rotatable bonds is 7. The lowest BCUT2D eigenvalue weighted by atomic mass is 10.1. The number of hydrogen-bond donors (Lipinski definition) is 1. The Kier molecular flexibility index (Phi) is 6.28. The standard InChI is InChI=1S/C20H22N4O5/c1-28-16-10-15(11-17(12-16)29-2)20(25)22-21-13-14-5-6-18(19(9-14)24(26)27)23-7-3-4-8-23/h5-6,9-13H,3-4,7-8H2,1-2H3,(H,22,25).